The fourth-order valence-corrected chi connectivity index (χ4v) is 5.10. The number of ether oxygens (including phenoxy) is 1. The lowest BCUT2D eigenvalue weighted by molar-refractivity contribution is -0.123. The van der Waals surface area contributed by atoms with E-state index >= 15 is 0 Å². The lowest BCUT2D eigenvalue weighted by Crippen LogP contribution is -2.30. The Morgan fingerprint density at radius 3 is 2.33 bits per heavy atom. The summed E-state index contributed by atoms with van der Waals surface area (Å²) in [5, 5.41) is 3.26. The SMILES string of the molecule is C[C@@H](OC(=O)c1cccc(S(=O)(=O)N2CCCC2)c1)C(=O)Nc1cc(Cl)cc(Cl)c1. The number of nitrogens with zero attached hydrogens (tertiary/aromatic N) is 1. The molecule has 1 saturated heterocycles. The molecule has 1 fully saturated rings. The Kier molecular flexibility index (Phi) is 7.02. The lowest BCUT2D eigenvalue weighted by Gasteiger charge is -2.17. The average Bonchev–Trinajstić information content (AvgIpc) is 3.23. The number of hydrogen-bond acceptors (Lipinski definition) is 5. The van der Waals surface area contributed by atoms with Crippen LogP contribution in [0.2, 0.25) is 10.0 Å². The molecule has 1 heterocycles. The molecule has 0 bridgehead atoms. The van der Waals surface area contributed by atoms with Crippen molar-refractivity contribution in [1.29, 1.82) is 0 Å². The maximum absolute atomic E-state index is 12.7. The standard InChI is InChI=1S/C20H20Cl2N2O5S/c1-13(19(25)23-17-11-15(21)10-16(22)12-17)29-20(26)14-5-4-6-18(9-14)30(27,28)24-7-2-3-8-24/h4-6,9-13H,2-3,7-8H2,1H3,(H,23,25)/t13-/m1/s1. The Morgan fingerprint density at radius 2 is 1.70 bits per heavy atom. The van der Waals surface area contributed by atoms with Gasteiger partial charge in [0.25, 0.3) is 5.91 Å². The predicted molar refractivity (Wildman–Crippen MR) is 114 cm³/mol. The van der Waals surface area contributed by atoms with Crippen LogP contribution in [0.5, 0.6) is 0 Å². The van der Waals surface area contributed by atoms with Gasteiger partial charge in [-0.1, -0.05) is 29.3 Å². The van der Waals surface area contributed by atoms with Crippen LogP contribution in [0.15, 0.2) is 47.4 Å². The molecule has 1 aliphatic rings. The van der Waals surface area contributed by atoms with E-state index in [0.29, 0.717) is 28.8 Å². The van der Waals surface area contributed by atoms with Crippen LogP contribution in [0.3, 0.4) is 0 Å². The highest BCUT2D eigenvalue weighted by Crippen LogP contribution is 2.24. The summed E-state index contributed by atoms with van der Waals surface area (Å²) in [6, 6.07) is 10.1. The van der Waals surface area contributed by atoms with E-state index in [0.717, 1.165) is 12.8 Å². The zero-order chi connectivity index (χ0) is 21.9. The van der Waals surface area contributed by atoms with Crippen LogP contribution in [0.25, 0.3) is 0 Å². The van der Waals surface area contributed by atoms with E-state index in [1.54, 1.807) is 0 Å². The zero-order valence-electron chi connectivity index (χ0n) is 16.1. The largest absolute Gasteiger partial charge is 0.449 e. The summed E-state index contributed by atoms with van der Waals surface area (Å²) < 4.78 is 32.0. The molecule has 1 atom stereocenters. The van der Waals surface area contributed by atoms with Gasteiger partial charge < -0.3 is 10.1 Å². The van der Waals surface area contributed by atoms with Gasteiger partial charge >= 0.3 is 5.97 Å². The van der Waals surface area contributed by atoms with E-state index in [4.69, 9.17) is 27.9 Å². The fraction of sp³-hybridized carbons (Fsp3) is 0.300. The van der Waals surface area contributed by atoms with Gasteiger partial charge in [0.15, 0.2) is 6.10 Å². The number of carbonyl (C=O) groups excluding carboxylic acids is 2. The second-order valence-electron chi connectivity index (χ2n) is 6.83. The van der Waals surface area contributed by atoms with Gasteiger partial charge in [0.05, 0.1) is 10.5 Å². The Balaban J connectivity index is 1.68. The second-order valence-corrected chi connectivity index (χ2v) is 9.64. The van der Waals surface area contributed by atoms with Crippen molar-refractivity contribution in [2.75, 3.05) is 18.4 Å². The summed E-state index contributed by atoms with van der Waals surface area (Å²) in [4.78, 5) is 24.8. The summed E-state index contributed by atoms with van der Waals surface area (Å²) in [6.07, 6.45) is 0.491. The maximum Gasteiger partial charge on any atom is 0.338 e. The second kappa shape index (κ2) is 9.34. The molecule has 2 aromatic carbocycles. The third-order valence-electron chi connectivity index (χ3n) is 4.56. The van der Waals surface area contributed by atoms with Crippen molar-refractivity contribution in [2.24, 2.45) is 0 Å². The first-order valence-electron chi connectivity index (χ1n) is 9.25. The van der Waals surface area contributed by atoms with Gasteiger partial charge in [0, 0.05) is 28.8 Å². The van der Waals surface area contributed by atoms with Gasteiger partial charge in [-0.3, -0.25) is 4.79 Å². The van der Waals surface area contributed by atoms with Crippen molar-refractivity contribution in [3.63, 3.8) is 0 Å². The van der Waals surface area contributed by atoms with Crippen molar-refractivity contribution in [2.45, 2.75) is 30.8 Å². The van der Waals surface area contributed by atoms with Crippen LogP contribution in [0.4, 0.5) is 5.69 Å². The first kappa shape index (κ1) is 22.6. The molecule has 1 aliphatic heterocycles. The Bertz CT molecular complexity index is 1050. The van der Waals surface area contributed by atoms with Gasteiger partial charge in [-0.05, 0) is 56.2 Å². The van der Waals surface area contributed by atoms with Gasteiger partial charge in [-0.2, -0.15) is 4.31 Å². The summed E-state index contributed by atoms with van der Waals surface area (Å²) >= 11 is 11.8. The molecular formula is C20H20Cl2N2O5S. The normalized spacial score (nSPS) is 15.6. The molecule has 7 nitrogen and oxygen atoms in total. The molecule has 0 saturated carbocycles. The molecule has 3 rings (SSSR count). The smallest absolute Gasteiger partial charge is 0.338 e. The van der Waals surface area contributed by atoms with E-state index in [2.05, 4.69) is 5.32 Å². The van der Waals surface area contributed by atoms with Crippen LogP contribution < -0.4 is 5.32 Å². The van der Waals surface area contributed by atoms with Crippen LogP contribution in [-0.4, -0.2) is 43.8 Å². The number of nitrogens with one attached hydrogen (secondary N) is 1. The van der Waals surface area contributed by atoms with Crippen molar-refractivity contribution in [3.05, 3.63) is 58.1 Å². The number of hydrogen-bond donors (Lipinski definition) is 1. The van der Waals surface area contributed by atoms with Gasteiger partial charge in [0.2, 0.25) is 10.0 Å². The number of sulfonamides is 1. The minimum absolute atomic E-state index is 0.0181. The Morgan fingerprint density at radius 1 is 1.07 bits per heavy atom. The number of anilines is 1. The predicted octanol–water partition coefficient (Wildman–Crippen LogP) is 3.96. The van der Waals surface area contributed by atoms with Crippen molar-refractivity contribution in [3.8, 4) is 0 Å². The Labute approximate surface area is 185 Å². The number of halogens is 2. The number of benzene rings is 2. The van der Waals surface area contributed by atoms with E-state index < -0.39 is 28.0 Å². The fourth-order valence-electron chi connectivity index (χ4n) is 3.01. The molecule has 30 heavy (non-hydrogen) atoms. The number of rotatable bonds is 6. The molecule has 0 spiro atoms. The average molecular weight is 471 g/mol. The highest BCUT2D eigenvalue weighted by Gasteiger charge is 2.28. The topological polar surface area (TPSA) is 92.8 Å². The molecule has 0 aliphatic carbocycles. The van der Waals surface area contributed by atoms with Crippen molar-refractivity contribution < 1.29 is 22.7 Å². The first-order valence-corrected chi connectivity index (χ1v) is 11.4. The third-order valence-corrected chi connectivity index (χ3v) is 6.89. The Hall–Kier alpha value is -2.13. The third kappa shape index (κ3) is 5.31. The summed E-state index contributed by atoms with van der Waals surface area (Å²) in [7, 11) is -3.67. The van der Waals surface area contributed by atoms with Gasteiger partial charge in [-0.15, -0.1) is 0 Å². The van der Waals surface area contributed by atoms with E-state index in [1.165, 1.54) is 53.7 Å². The molecule has 1 amide bonds. The van der Waals surface area contributed by atoms with Gasteiger partial charge in [0.1, 0.15) is 0 Å². The highest BCUT2D eigenvalue weighted by molar-refractivity contribution is 7.89. The van der Waals surface area contributed by atoms with Crippen LogP contribution in [0.1, 0.15) is 30.1 Å². The minimum atomic E-state index is -3.67. The first-order chi connectivity index (χ1) is 14.2. The number of amides is 1. The summed E-state index contributed by atoms with van der Waals surface area (Å²) in [5.74, 6) is -1.39. The summed E-state index contributed by atoms with van der Waals surface area (Å²) in [6.45, 7) is 2.33. The molecule has 2 aromatic rings. The molecule has 0 aromatic heterocycles. The summed E-state index contributed by atoms with van der Waals surface area (Å²) in [5.41, 5.74) is 0.403. The van der Waals surface area contributed by atoms with E-state index in [9.17, 15) is 18.0 Å². The van der Waals surface area contributed by atoms with E-state index in [-0.39, 0.29) is 10.5 Å². The van der Waals surface area contributed by atoms with Crippen LogP contribution in [-0.2, 0) is 19.6 Å². The molecule has 10 heteroatoms. The molecule has 0 unspecified atom stereocenters. The van der Waals surface area contributed by atoms with Crippen molar-refractivity contribution in [1.82, 2.24) is 4.31 Å². The lowest BCUT2D eigenvalue weighted by atomic mass is 10.2. The monoisotopic (exact) mass is 470 g/mol. The van der Waals surface area contributed by atoms with Crippen LogP contribution >= 0.6 is 23.2 Å². The van der Waals surface area contributed by atoms with E-state index in [1.807, 2.05) is 0 Å². The highest BCUT2D eigenvalue weighted by atomic mass is 35.5. The molecule has 160 valence electrons. The minimum Gasteiger partial charge on any atom is -0.449 e. The maximum atomic E-state index is 12.7. The molecule has 1 N–H and O–H groups in total. The number of esters is 1. The molecular weight excluding hydrogens is 451 g/mol. The van der Waals surface area contributed by atoms with Crippen LogP contribution in [0, 0.1) is 0 Å². The number of carbonyl (C=O) groups is 2. The van der Waals surface area contributed by atoms with Gasteiger partial charge in [-0.25, -0.2) is 13.2 Å². The van der Waals surface area contributed by atoms with Crippen molar-refractivity contribution >= 4 is 50.8 Å². The molecule has 0 radical (unpaired) electrons. The quantitative estimate of drug-likeness (QED) is 0.644. The zero-order valence-corrected chi connectivity index (χ0v) is 18.4.